The summed E-state index contributed by atoms with van der Waals surface area (Å²) in [6, 6.07) is 11.0. The second kappa shape index (κ2) is 12.3. The Morgan fingerprint density at radius 3 is 2.71 bits per heavy atom. The fourth-order valence-electron chi connectivity index (χ4n) is 4.06. The lowest BCUT2D eigenvalue weighted by molar-refractivity contribution is -0.117. The molecule has 2 amide bonds. The number of amides is 2. The lowest BCUT2D eigenvalue weighted by Crippen LogP contribution is -2.42. The lowest BCUT2D eigenvalue weighted by Gasteiger charge is -2.17. The average molecular weight is 595 g/mol. The smallest absolute Gasteiger partial charge is 0.269 e. The molecule has 208 valence electrons. The molecule has 0 saturated carbocycles. The molecule has 1 unspecified atom stereocenters. The molecule has 0 bridgehead atoms. The molecule has 1 aliphatic rings. The highest BCUT2D eigenvalue weighted by Crippen LogP contribution is 2.36. The molecule has 1 atom stereocenters. The summed E-state index contributed by atoms with van der Waals surface area (Å²) < 4.78 is 25.6. The van der Waals surface area contributed by atoms with Crippen molar-refractivity contribution in [3.63, 3.8) is 0 Å². The number of nitrogens with one attached hydrogen (secondary N) is 2. The molecular weight excluding hydrogens is 574 g/mol. The van der Waals surface area contributed by atoms with E-state index < -0.39 is 23.8 Å². The van der Waals surface area contributed by atoms with E-state index in [-0.39, 0.29) is 28.8 Å². The molecule has 0 spiro atoms. The van der Waals surface area contributed by atoms with Crippen molar-refractivity contribution in [2.45, 2.75) is 19.7 Å². The Balaban J connectivity index is 1.53. The molecular formula is C28H21Cl2FN6O4. The zero-order valence-corrected chi connectivity index (χ0v) is 22.9. The summed E-state index contributed by atoms with van der Waals surface area (Å²) in [7, 11) is 0. The van der Waals surface area contributed by atoms with Crippen LogP contribution in [0.3, 0.4) is 0 Å². The van der Waals surface area contributed by atoms with E-state index >= 15 is 0 Å². The minimum Gasteiger partial charge on any atom is -0.493 e. The number of aromatic nitrogens is 3. The Morgan fingerprint density at radius 2 is 1.93 bits per heavy atom. The van der Waals surface area contributed by atoms with Gasteiger partial charge >= 0.3 is 0 Å². The number of hydrogen-bond acceptors (Lipinski definition) is 8. The maximum Gasteiger partial charge on any atom is 0.269 e. The number of pyridine rings is 1. The highest BCUT2D eigenvalue weighted by atomic mass is 35.5. The van der Waals surface area contributed by atoms with E-state index in [0.29, 0.717) is 39.9 Å². The first-order chi connectivity index (χ1) is 19.8. The summed E-state index contributed by atoms with van der Waals surface area (Å²) in [5.41, 5.74) is 1.82. The number of carbonyl (C=O) groups is 2. The van der Waals surface area contributed by atoms with Crippen LogP contribution in [0.4, 0.5) is 10.1 Å². The number of para-hydroxylation sites is 1. The first-order valence-corrected chi connectivity index (χ1v) is 13.0. The summed E-state index contributed by atoms with van der Waals surface area (Å²) in [4.78, 5) is 43.2. The molecule has 2 aromatic carbocycles. The van der Waals surface area contributed by atoms with Gasteiger partial charge in [0.1, 0.15) is 23.7 Å². The maximum absolute atomic E-state index is 14.2. The summed E-state index contributed by atoms with van der Waals surface area (Å²) >= 11 is 12.8. The van der Waals surface area contributed by atoms with Gasteiger partial charge in [-0.05, 0) is 31.2 Å². The molecule has 0 radical (unpaired) electrons. The second-order valence-corrected chi connectivity index (χ2v) is 9.42. The highest BCUT2D eigenvalue weighted by molar-refractivity contribution is 6.39. The van der Waals surface area contributed by atoms with Crippen LogP contribution in [-0.2, 0) is 11.4 Å². The van der Waals surface area contributed by atoms with Crippen molar-refractivity contribution in [3.8, 4) is 11.6 Å². The number of anilines is 1. The van der Waals surface area contributed by atoms with Gasteiger partial charge in [-0.25, -0.2) is 14.4 Å². The third-order valence-corrected chi connectivity index (χ3v) is 6.32. The van der Waals surface area contributed by atoms with Crippen molar-refractivity contribution in [3.05, 3.63) is 105 Å². The number of benzodiazepines with no additional fused rings is 1. The fourth-order valence-corrected chi connectivity index (χ4v) is 4.62. The highest BCUT2D eigenvalue weighted by Gasteiger charge is 2.31. The Bertz CT molecular complexity index is 1650. The number of rotatable bonds is 8. The molecule has 2 N–H and O–H groups in total. The molecule has 41 heavy (non-hydrogen) atoms. The zero-order valence-electron chi connectivity index (χ0n) is 21.4. The van der Waals surface area contributed by atoms with E-state index in [9.17, 15) is 14.0 Å². The van der Waals surface area contributed by atoms with Crippen LogP contribution in [-0.4, -0.2) is 45.3 Å². The minimum absolute atomic E-state index is 0.0798. The van der Waals surface area contributed by atoms with E-state index in [1.165, 1.54) is 24.7 Å². The van der Waals surface area contributed by atoms with Gasteiger partial charge < -0.3 is 20.1 Å². The van der Waals surface area contributed by atoms with Crippen LogP contribution in [0.1, 0.15) is 34.1 Å². The number of hydrogen-bond donors (Lipinski definition) is 2. The SMILES string of the molecule is CCOc1cc(Cl)cc(Cl)c1C1=NC(NC(=O)c2cc(F)cnc2OCc2cnccn2)C(=O)Nc2ccccc21. The van der Waals surface area contributed by atoms with Gasteiger partial charge in [-0.15, -0.1) is 0 Å². The molecule has 10 nitrogen and oxygen atoms in total. The number of nitrogens with zero attached hydrogens (tertiary/aromatic N) is 4. The predicted octanol–water partition coefficient (Wildman–Crippen LogP) is 4.84. The van der Waals surface area contributed by atoms with Gasteiger partial charge in [-0.3, -0.25) is 19.6 Å². The van der Waals surface area contributed by atoms with Crippen molar-refractivity contribution < 1.29 is 23.5 Å². The zero-order chi connectivity index (χ0) is 28.9. The number of carbonyl (C=O) groups excluding carboxylic acids is 2. The maximum atomic E-state index is 14.2. The fraction of sp³-hybridized carbons (Fsp3) is 0.143. The van der Waals surface area contributed by atoms with Gasteiger partial charge in [-0.2, -0.15) is 0 Å². The van der Waals surface area contributed by atoms with Crippen molar-refractivity contribution in [1.29, 1.82) is 0 Å². The van der Waals surface area contributed by atoms with Crippen LogP contribution >= 0.6 is 23.2 Å². The van der Waals surface area contributed by atoms with E-state index in [1.54, 1.807) is 37.3 Å². The molecule has 4 aromatic rings. The van der Waals surface area contributed by atoms with E-state index in [2.05, 4.69) is 30.6 Å². The molecule has 0 aliphatic carbocycles. The Morgan fingerprint density at radius 1 is 1.10 bits per heavy atom. The minimum atomic E-state index is -1.46. The predicted molar refractivity (Wildman–Crippen MR) is 150 cm³/mol. The van der Waals surface area contributed by atoms with Gasteiger partial charge in [0.2, 0.25) is 12.0 Å². The largest absolute Gasteiger partial charge is 0.493 e. The molecule has 2 aromatic heterocycles. The van der Waals surface area contributed by atoms with Crippen molar-refractivity contribution in [2.75, 3.05) is 11.9 Å². The van der Waals surface area contributed by atoms with Crippen LogP contribution in [0.15, 0.2) is 72.2 Å². The summed E-state index contributed by atoms with van der Waals surface area (Å²) in [6.45, 7) is 2.02. The number of benzene rings is 2. The van der Waals surface area contributed by atoms with Gasteiger partial charge in [0.25, 0.3) is 11.8 Å². The molecule has 5 rings (SSSR count). The summed E-state index contributed by atoms with van der Waals surface area (Å²) in [5.74, 6) is -2.11. The summed E-state index contributed by atoms with van der Waals surface area (Å²) in [6.07, 6.45) is 3.91. The Labute approximate surface area is 243 Å². The third-order valence-electron chi connectivity index (χ3n) is 5.81. The normalized spacial score (nSPS) is 14.3. The van der Waals surface area contributed by atoms with Crippen LogP contribution in [0, 0.1) is 5.82 Å². The number of ether oxygens (including phenoxy) is 2. The standard InChI is InChI=1S/C28H21Cl2FN6O4/c1-2-40-22-10-15(29)9-20(30)23(22)24-18-5-3-4-6-21(18)35-27(39)25(36-24)37-26(38)19-11-16(31)12-34-28(19)41-14-17-13-32-7-8-33-17/h3-13,25H,2,14H2,1H3,(H,35,39)(H,37,38). The van der Waals surface area contributed by atoms with Gasteiger partial charge in [0.05, 0.1) is 46.7 Å². The number of aliphatic imine (C=N–C) groups is 1. The van der Waals surface area contributed by atoms with Gasteiger partial charge in [-0.1, -0.05) is 41.4 Å². The van der Waals surface area contributed by atoms with Crippen LogP contribution in [0.25, 0.3) is 0 Å². The average Bonchev–Trinajstić information content (AvgIpc) is 3.08. The Hall–Kier alpha value is -4.61. The summed E-state index contributed by atoms with van der Waals surface area (Å²) in [5, 5.41) is 5.88. The van der Waals surface area contributed by atoms with E-state index in [1.807, 2.05) is 0 Å². The third kappa shape index (κ3) is 6.26. The van der Waals surface area contributed by atoms with Crippen LogP contribution < -0.4 is 20.1 Å². The van der Waals surface area contributed by atoms with Crippen molar-refractivity contribution in [1.82, 2.24) is 20.3 Å². The van der Waals surface area contributed by atoms with Crippen molar-refractivity contribution >= 4 is 46.4 Å². The van der Waals surface area contributed by atoms with Crippen LogP contribution in [0.5, 0.6) is 11.6 Å². The van der Waals surface area contributed by atoms with E-state index in [4.69, 9.17) is 32.7 Å². The first-order valence-electron chi connectivity index (χ1n) is 12.3. The van der Waals surface area contributed by atoms with Crippen LogP contribution in [0.2, 0.25) is 10.0 Å². The molecule has 0 saturated heterocycles. The number of fused-ring (bicyclic) bond motifs is 1. The second-order valence-electron chi connectivity index (χ2n) is 8.57. The van der Waals surface area contributed by atoms with Crippen molar-refractivity contribution in [2.24, 2.45) is 4.99 Å². The topological polar surface area (TPSA) is 128 Å². The molecule has 3 heterocycles. The Kier molecular flexibility index (Phi) is 8.37. The molecule has 13 heteroatoms. The lowest BCUT2D eigenvalue weighted by atomic mass is 9.99. The molecule has 0 fully saturated rings. The van der Waals surface area contributed by atoms with Gasteiger partial charge in [0, 0.05) is 23.0 Å². The van der Waals surface area contributed by atoms with E-state index in [0.717, 1.165) is 12.3 Å². The monoisotopic (exact) mass is 594 g/mol. The molecule has 1 aliphatic heterocycles. The number of halogens is 3. The first kappa shape index (κ1) is 27.9. The quantitative estimate of drug-likeness (QED) is 0.299. The van der Waals surface area contributed by atoms with Gasteiger partial charge in [0.15, 0.2) is 0 Å².